The number of hydrogen-bond acceptors (Lipinski definition) is 3. The van der Waals surface area contributed by atoms with E-state index in [9.17, 15) is 0 Å². The maximum atomic E-state index is 6.37. The molecule has 0 amide bonds. The average Bonchev–Trinajstić information content (AvgIpc) is 3.18. The van der Waals surface area contributed by atoms with Gasteiger partial charge in [0.05, 0.1) is 28.0 Å². The predicted molar refractivity (Wildman–Crippen MR) is 113 cm³/mol. The number of imidazole rings is 1. The standard InChI is InChI=1S/C20H17Cl2N5/c1-12-9-14(13(2)27(12)19-10-15(21)7-8-16(19)22)11-23-26-20-24-17-5-3-4-6-18(17)25-20/h3-11H,1-2H3,(H2,24,25,26)/b23-11-. The lowest BCUT2D eigenvalue weighted by Crippen LogP contribution is -2.01. The first kappa shape index (κ1) is 17.6. The lowest BCUT2D eigenvalue weighted by Gasteiger charge is -2.12. The van der Waals surface area contributed by atoms with Crippen molar-refractivity contribution in [1.82, 2.24) is 14.5 Å². The highest BCUT2D eigenvalue weighted by atomic mass is 35.5. The van der Waals surface area contributed by atoms with E-state index in [0.29, 0.717) is 16.0 Å². The molecule has 0 spiro atoms. The lowest BCUT2D eigenvalue weighted by molar-refractivity contribution is 0.965. The summed E-state index contributed by atoms with van der Waals surface area (Å²) in [7, 11) is 0. The molecule has 0 aliphatic heterocycles. The van der Waals surface area contributed by atoms with E-state index in [-0.39, 0.29) is 0 Å². The minimum Gasteiger partial charge on any atom is -0.323 e. The number of hydrazone groups is 1. The Labute approximate surface area is 166 Å². The molecule has 136 valence electrons. The van der Waals surface area contributed by atoms with Crippen LogP contribution in [0.2, 0.25) is 10.0 Å². The molecule has 0 radical (unpaired) electrons. The van der Waals surface area contributed by atoms with Gasteiger partial charge in [0.1, 0.15) is 0 Å². The van der Waals surface area contributed by atoms with Crippen LogP contribution < -0.4 is 5.43 Å². The van der Waals surface area contributed by atoms with Gasteiger partial charge in [-0.15, -0.1) is 0 Å². The van der Waals surface area contributed by atoms with E-state index >= 15 is 0 Å². The van der Waals surface area contributed by atoms with Gasteiger partial charge in [-0.1, -0.05) is 35.3 Å². The second-order valence-electron chi connectivity index (χ2n) is 6.23. The van der Waals surface area contributed by atoms with Crippen LogP contribution in [0.25, 0.3) is 16.7 Å². The van der Waals surface area contributed by atoms with Crippen molar-refractivity contribution in [3.05, 3.63) is 75.5 Å². The summed E-state index contributed by atoms with van der Waals surface area (Å²) in [5.41, 5.74) is 8.69. The number of aromatic amines is 1. The smallest absolute Gasteiger partial charge is 0.222 e. The maximum Gasteiger partial charge on any atom is 0.222 e. The molecule has 0 saturated carbocycles. The highest BCUT2D eigenvalue weighted by molar-refractivity contribution is 6.34. The molecule has 0 aliphatic rings. The van der Waals surface area contributed by atoms with Crippen molar-refractivity contribution in [3.63, 3.8) is 0 Å². The number of rotatable bonds is 4. The van der Waals surface area contributed by atoms with Gasteiger partial charge >= 0.3 is 0 Å². The second kappa shape index (κ2) is 7.10. The van der Waals surface area contributed by atoms with E-state index in [1.54, 1.807) is 18.3 Å². The molecule has 4 rings (SSSR count). The molecular formula is C20H17Cl2N5. The Morgan fingerprint density at radius 2 is 1.93 bits per heavy atom. The van der Waals surface area contributed by atoms with Gasteiger partial charge in [0.2, 0.25) is 5.95 Å². The van der Waals surface area contributed by atoms with E-state index in [1.807, 2.05) is 44.2 Å². The quantitative estimate of drug-likeness (QED) is 0.341. The molecule has 2 heterocycles. The van der Waals surface area contributed by atoms with Crippen LogP contribution in [0, 0.1) is 13.8 Å². The third-order valence-corrected chi connectivity index (χ3v) is 4.94. The molecule has 0 fully saturated rings. The summed E-state index contributed by atoms with van der Waals surface area (Å²) in [4.78, 5) is 7.62. The topological polar surface area (TPSA) is 58.0 Å². The zero-order valence-electron chi connectivity index (χ0n) is 14.8. The minimum absolute atomic E-state index is 0.596. The van der Waals surface area contributed by atoms with Crippen molar-refractivity contribution in [2.75, 3.05) is 5.43 Å². The van der Waals surface area contributed by atoms with Gasteiger partial charge < -0.3 is 9.55 Å². The minimum atomic E-state index is 0.596. The van der Waals surface area contributed by atoms with Crippen LogP contribution in [0.3, 0.4) is 0 Å². The van der Waals surface area contributed by atoms with Crippen molar-refractivity contribution < 1.29 is 0 Å². The summed E-state index contributed by atoms with van der Waals surface area (Å²) in [6.45, 7) is 4.04. The first-order chi connectivity index (χ1) is 13.0. The van der Waals surface area contributed by atoms with E-state index in [2.05, 4.69) is 31.1 Å². The second-order valence-corrected chi connectivity index (χ2v) is 7.07. The highest BCUT2D eigenvalue weighted by Crippen LogP contribution is 2.28. The van der Waals surface area contributed by atoms with Crippen LogP contribution in [0.15, 0.2) is 53.6 Å². The fourth-order valence-electron chi connectivity index (χ4n) is 3.11. The zero-order valence-corrected chi connectivity index (χ0v) is 16.3. The molecular weight excluding hydrogens is 381 g/mol. The first-order valence-corrected chi connectivity index (χ1v) is 9.17. The Hall–Kier alpha value is -2.76. The van der Waals surface area contributed by atoms with Gasteiger partial charge in [-0.3, -0.25) is 0 Å². The van der Waals surface area contributed by atoms with Gasteiger partial charge in [-0.25, -0.2) is 10.4 Å². The van der Waals surface area contributed by atoms with Crippen LogP contribution in [-0.2, 0) is 0 Å². The fraction of sp³-hybridized carbons (Fsp3) is 0.100. The number of hydrogen-bond donors (Lipinski definition) is 2. The number of halogens is 2. The van der Waals surface area contributed by atoms with Crippen molar-refractivity contribution >= 4 is 46.4 Å². The summed E-state index contributed by atoms with van der Waals surface area (Å²) in [6.07, 6.45) is 1.77. The van der Waals surface area contributed by atoms with Gasteiger partial charge in [-0.05, 0) is 50.2 Å². The molecule has 0 atom stereocenters. The zero-order chi connectivity index (χ0) is 19.0. The van der Waals surface area contributed by atoms with Crippen molar-refractivity contribution in [2.24, 2.45) is 5.10 Å². The van der Waals surface area contributed by atoms with Crippen LogP contribution in [-0.4, -0.2) is 20.7 Å². The molecule has 0 aliphatic carbocycles. The Morgan fingerprint density at radius 1 is 1.11 bits per heavy atom. The van der Waals surface area contributed by atoms with Crippen molar-refractivity contribution in [3.8, 4) is 5.69 Å². The Balaban J connectivity index is 1.61. The molecule has 0 saturated heterocycles. The SMILES string of the molecule is Cc1cc(/C=N\Nc2nc3ccccc3[nH]2)c(C)n1-c1cc(Cl)ccc1Cl. The van der Waals surface area contributed by atoms with Crippen molar-refractivity contribution in [1.29, 1.82) is 0 Å². The van der Waals surface area contributed by atoms with Gasteiger partial charge in [0, 0.05) is 22.0 Å². The molecule has 0 unspecified atom stereocenters. The number of para-hydroxylation sites is 2. The molecule has 2 aromatic heterocycles. The number of benzene rings is 2. The monoisotopic (exact) mass is 397 g/mol. The van der Waals surface area contributed by atoms with Crippen LogP contribution >= 0.6 is 23.2 Å². The van der Waals surface area contributed by atoms with E-state index < -0.39 is 0 Å². The molecule has 4 aromatic rings. The molecule has 7 heteroatoms. The molecule has 0 bridgehead atoms. The molecule has 5 nitrogen and oxygen atoms in total. The third kappa shape index (κ3) is 3.44. The van der Waals surface area contributed by atoms with Gasteiger partial charge in [0.15, 0.2) is 0 Å². The largest absolute Gasteiger partial charge is 0.323 e. The molecule has 2 aromatic carbocycles. The van der Waals surface area contributed by atoms with E-state index in [1.165, 1.54) is 0 Å². The number of aromatic nitrogens is 3. The number of anilines is 1. The summed E-state index contributed by atoms with van der Waals surface area (Å²) in [6, 6.07) is 15.3. The summed E-state index contributed by atoms with van der Waals surface area (Å²) in [5, 5.41) is 5.60. The predicted octanol–water partition coefficient (Wildman–Crippen LogP) is 5.72. The van der Waals surface area contributed by atoms with Crippen LogP contribution in [0.4, 0.5) is 5.95 Å². The van der Waals surface area contributed by atoms with E-state index in [4.69, 9.17) is 23.2 Å². The average molecular weight is 398 g/mol. The Morgan fingerprint density at radius 3 is 2.74 bits per heavy atom. The number of aryl methyl sites for hydroxylation is 1. The number of nitrogens with one attached hydrogen (secondary N) is 2. The van der Waals surface area contributed by atoms with Crippen LogP contribution in [0.5, 0.6) is 0 Å². The summed E-state index contributed by atoms with van der Waals surface area (Å²) in [5.74, 6) is 0.596. The van der Waals surface area contributed by atoms with Gasteiger partial charge in [0.25, 0.3) is 0 Å². The summed E-state index contributed by atoms with van der Waals surface area (Å²) >= 11 is 12.5. The summed E-state index contributed by atoms with van der Waals surface area (Å²) < 4.78 is 2.07. The fourth-order valence-corrected chi connectivity index (χ4v) is 3.48. The van der Waals surface area contributed by atoms with Gasteiger partial charge in [-0.2, -0.15) is 5.10 Å². The number of H-pyrrole nitrogens is 1. The highest BCUT2D eigenvalue weighted by Gasteiger charge is 2.12. The lowest BCUT2D eigenvalue weighted by atomic mass is 10.2. The number of fused-ring (bicyclic) bond motifs is 1. The van der Waals surface area contributed by atoms with Crippen molar-refractivity contribution in [2.45, 2.75) is 13.8 Å². The molecule has 27 heavy (non-hydrogen) atoms. The van der Waals surface area contributed by atoms with E-state index in [0.717, 1.165) is 33.7 Å². The Kier molecular flexibility index (Phi) is 4.64. The molecule has 2 N–H and O–H groups in total. The van der Waals surface area contributed by atoms with Crippen LogP contribution in [0.1, 0.15) is 17.0 Å². The third-order valence-electron chi connectivity index (χ3n) is 4.38. The maximum absolute atomic E-state index is 6.37. The first-order valence-electron chi connectivity index (χ1n) is 8.41. The Bertz CT molecular complexity index is 1120. The normalized spacial score (nSPS) is 11.6. The number of nitrogens with zero attached hydrogens (tertiary/aromatic N) is 3.